The summed E-state index contributed by atoms with van der Waals surface area (Å²) in [5, 5.41) is 0. The Morgan fingerprint density at radius 2 is 1.71 bits per heavy atom. The molecule has 0 N–H and O–H groups in total. The summed E-state index contributed by atoms with van der Waals surface area (Å²) in [6.45, 7) is 0. The lowest BCUT2D eigenvalue weighted by Crippen LogP contribution is -2.19. The highest BCUT2D eigenvalue weighted by Crippen LogP contribution is 2.52. The molecule has 182 valence electrons. The van der Waals surface area contributed by atoms with Crippen LogP contribution < -0.4 is 24.4 Å². The van der Waals surface area contributed by atoms with Crippen molar-refractivity contribution in [1.82, 2.24) is 0 Å². The third kappa shape index (κ3) is 4.84. The molecule has 0 amide bonds. The van der Waals surface area contributed by atoms with E-state index in [0.29, 0.717) is 28.6 Å². The fraction of sp³-hybridized carbons (Fsp3) is 0.259. The summed E-state index contributed by atoms with van der Waals surface area (Å²) in [5.41, 5.74) is 3.07. The monoisotopic (exact) mass is 496 g/mol. The van der Waals surface area contributed by atoms with E-state index in [0.717, 1.165) is 22.3 Å². The zero-order valence-corrected chi connectivity index (χ0v) is 20.7. The fourth-order valence-corrected chi connectivity index (χ4v) is 4.92. The maximum atomic E-state index is 13.2. The van der Waals surface area contributed by atoms with E-state index < -0.39 is 11.8 Å². The topological polar surface area (TPSA) is 71.1 Å². The van der Waals surface area contributed by atoms with Crippen molar-refractivity contribution >= 4 is 17.7 Å². The summed E-state index contributed by atoms with van der Waals surface area (Å²) < 4.78 is 35.5. The normalized spacial score (nSPS) is 13.9. The van der Waals surface area contributed by atoms with Crippen LogP contribution in [-0.2, 0) is 11.2 Å². The number of hydrogen-bond acceptors (Lipinski definition) is 7. The van der Waals surface area contributed by atoms with Crippen LogP contribution in [0.15, 0.2) is 58.2 Å². The number of halogens is 1. The molecule has 1 atom stereocenters. The minimum Gasteiger partial charge on any atom is -0.493 e. The number of carbonyl (C=O) groups excluding carboxylic acids is 1. The molecule has 6 nitrogen and oxygen atoms in total. The number of thioether (sulfide) groups is 1. The van der Waals surface area contributed by atoms with Crippen LogP contribution >= 0.6 is 11.8 Å². The highest BCUT2D eigenvalue weighted by molar-refractivity contribution is 7.98. The van der Waals surface area contributed by atoms with E-state index in [1.54, 1.807) is 26.4 Å². The molecule has 0 saturated heterocycles. The van der Waals surface area contributed by atoms with Crippen LogP contribution in [-0.4, -0.2) is 33.6 Å². The minimum absolute atomic E-state index is 0.0263. The Labute approximate surface area is 207 Å². The average molecular weight is 497 g/mol. The van der Waals surface area contributed by atoms with Crippen molar-refractivity contribution in [1.29, 1.82) is 0 Å². The Morgan fingerprint density at radius 3 is 2.34 bits per heavy atom. The molecule has 0 aromatic heterocycles. The van der Waals surface area contributed by atoms with Crippen LogP contribution in [0.5, 0.6) is 23.0 Å². The number of hydrogen-bond donors (Lipinski definition) is 0. The quantitative estimate of drug-likeness (QED) is 0.252. The zero-order valence-electron chi connectivity index (χ0n) is 19.8. The van der Waals surface area contributed by atoms with Gasteiger partial charge < -0.3 is 18.9 Å². The van der Waals surface area contributed by atoms with Gasteiger partial charge in [-0.15, -0.1) is 11.8 Å². The van der Waals surface area contributed by atoms with Crippen molar-refractivity contribution in [3.8, 4) is 34.1 Å². The van der Waals surface area contributed by atoms with Crippen LogP contribution in [0.2, 0.25) is 0 Å². The molecule has 3 aromatic carbocycles. The van der Waals surface area contributed by atoms with Gasteiger partial charge in [-0.05, 0) is 77.7 Å². The first-order valence-corrected chi connectivity index (χ1v) is 12.1. The molecule has 1 unspecified atom stereocenters. The number of carbonyl (C=O) groups is 1. The number of methoxy groups -OCH3 is 3. The maximum absolute atomic E-state index is 13.2. The number of esters is 1. The maximum Gasteiger partial charge on any atom is 0.311 e. The molecule has 0 spiro atoms. The molecule has 1 aliphatic rings. The van der Waals surface area contributed by atoms with E-state index in [4.69, 9.17) is 18.9 Å². The average Bonchev–Trinajstić information content (AvgIpc) is 3.02. The van der Waals surface area contributed by atoms with Crippen molar-refractivity contribution in [3.05, 3.63) is 75.7 Å². The molecule has 0 fully saturated rings. The number of benzene rings is 2. The molecule has 8 heteroatoms. The highest BCUT2D eigenvalue weighted by Gasteiger charge is 2.32. The molecule has 0 aliphatic heterocycles. The van der Waals surface area contributed by atoms with Gasteiger partial charge in [0.05, 0.1) is 32.6 Å². The molecule has 0 heterocycles. The molecule has 35 heavy (non-hydrogen) atoms. The van der Waals surface area contributed by atoms with Gasteiger partial charge in [-0.25, -0.2) is 4.39 Å². The lowest BCUT2D eigenvalue weighted by atomic mass is 9.77. The molecule has 4 rings (SSSR count). The van der Waals surface area contributed by atoms with E-state index in [1.807, 2.05) is 18.4 Å². The summed E-state index contributed by atoms with van der Waals surface area (Å²) in [6.07, 6.45) is 2.32. The molecule has 0 saturated carbocycles. The standard InChI is InChI=1S/C27H25FO6S/c1-31-22-12-16-11-15(13-24(30)34-18-7-5-17(28)6-8-18)20-14-21(29)23(35-4)10-9-19(20)25(16)27(33-3)26(22)32-2/h5-10,12,14-15H,11,13H2,1-4H3. The Morgan fingerprint density at radius 1 is 1.00 bits per heavy atom. The lowest BCUT2D eigenvalue weighted by Gasteiger charge is -2.29. The van der Waals surface area contributed by atoms with E-state index in [2.05, 4.69) is 0 Å². The van der Waals surface area contributed by atoms with E-state index >= 15 is 0 Å². The fourth-order valence-electron chi connectivity index (χ4n) is 4.46. The lowest BCUT2D eigenvalue weighted by molar-refractivity contribution is -0.134. The Hall–Kier alpha value is -3.52. The SMILES string of the molecule is COc1cc2c(c(OC)c1OC)-c1ccc(SC)c(=O)cc1C(CC(=O)Oc1ccc(F)cc1)C2. The van der Waals surface area contributed by atoms with Crippen molar-refractivity contribution < 1.29 is 28.1 Å². The van der Waals surface area contributed by atoms with Gasteiger partial charge in [-0.3, -0.25) is 9.59 Å². The first-order chi connectivity index (χ1) is 16.9. The third-order valence-corrected chi connectivity index (χ3v) is 6.78. The van der Waals surface area contributed by atoms with Crippen LogP contribution in [0.3, 0.4) is 0 Å². The van der Waals surface area contributed by atoms with Crippen LogP contribution in [0.4, 0.5) is 4.39 Å². The Kier molecular flexibility index (Phi) is 7.31. The van der Waals surface area contributed by atoms with Crippen molar-refractivity contribution in [3.63, 3.8) is 0 Å². The predicted octanol–water partition coefficient (Wildman–Crippen LogP) is 5.24. The first kappa shape index (κ1) is 24.6. The predicted molar refractivity (Wildman–Crippen MR) is 133 cm³/mol. The van der Waals surface area contributed by atoms with Gasteiger partial charge in [0.1, 0.15) is 11.6 Å². The molecular formula is C27H25FO6S. The number of rotatable bonds is 7. The molecule has 0 radical (unpaired) electrons. The summed E-state index contributed by atoms with van der Waals surface area (Å²) in [4.78, 5) is 26.4. The van der Waals surface area contributed by atoms with Crippen LogP contribution in [0.1, 0.15) is 23.5 Å². The Balaban J connectivity index is 1.83. The molecule has 3 aromatic rings. The zero-order chi connectivity index (χ0) is 25.1. The summed E-state index contributed by atoms with van der Waals surface area (Å²) in [5.74, 6) is 0.492. The van der Waals surface area contributed by atoms with Crippen LogP contribution in [0, 0.1) is 5.82 Å². The second-order valence-electron chi connectivity index (χ2n) is 7.99. The number of ether oxygens (including phenoxy) is 4. The van der Waals surface area contributed by atoms with E-state index in [-0.39, 0.29) is 23.5 Å². The van der Waals surface area contributed by atoms with Crippen molar-refractivity contribution in [2.45, 2.75) is 23.7 Å². The van der Waals surface area contributed by atoms with Gasteiger partial charge in [0, 0.05) is 5.56 Å². The largest absolute Gasteiger partial charge is 0.493 e. The second-order valence-corrected chi connectivity index (χ2v) is 8.84. The second kappa shape index (κ2) is 10.4. The van der Waals surface area contributed by atoms with Crippen molar-refractivity contribution in [2.24, 2.45) is 0 Å². The van der Waals surface area contributed by atoms with Gasteiger partial charge in [0.25, 0.3) is 0 Å². The summed E-state index contributed by atoms with van der Waals surface area (Å²) in [6, 6.07) is 12.4. The molecular weight excluding hydrogens is 471 g/mol. The molecule has 1 aliphatic carbocycles. The number of fused-ring (bicyclic) bond motifs is 3. The van der Waals surface area contributed by atoms with Crippen LogP contribution in [0.25, 0.3) is 11.1 Å². The highest BCUT2D eigenvalue weighted by atomic mass is 32.2. The van der Waals surface area contributed by atoms with Gasteiger partial charge in [-0.2, -0.15) is 0 Å². The first-order valence-electron chi connectivity index (χ1n) is 10.9. The van der Waals surface area contributed by atoms with Gasteiger partial charge >= 0.3 is 5.97 Å². The van der Waals surface area contributed by atoms with E-state index in [9.17, 15) is 14.0 Å². The van der Waals surface area contributed by atoms with Crippen molar-refractivity contribution in [2.75, 3.05) is 27.6 Å². The van der Waals surface area contributed by atoms with Gasteiger partial charge in [0.15, 0.2) is 16.9 Å². The summed E-state index contributed by atoms with van der Waals surface area (Å²) in [7, 11) is 4.64. The minimum atomic E-state index is -0.479. The van der Waals surface area contributed by atoms with Gasteiger partial charge in [-0.1, -0.05) is 6.07 Å². The van der Waals surface area contributed by atoms with Gasteiger partial charge in [0.2, 0.25) is 5.75 Å². The summed E-state index contributed by atoms with van der Waals surface area (Å²) >= 11 is 1.36. The smallest absolute Gasteiger partial charge is 0.311 e. The third-order valence-electron chi connectivity index (χ3n) is 6.01. The van der Waals surface area contributed by atoms with E-state index in [1.165, 1.54) is 43.1 Å². The molecule has 0 bridgehead atoms. The Bertz CT molecular complexity index is 1320.